The van der Waals surface area contributed by atoms with Crippen molar-refractivity contribution in [3.05, 3.63) is 28.6 Å². The minimum absolute atomic E-state index is 0.0713. The molecule has 0 aliphatic rings. The molecule has 0 atom stereocenters. The van der Waals surface area contributed by atoms with Crippen LogP contribution in [0.1, 0.15) is 39.0 Å². The normalized spacial score (nSPS) is 9.77. The van der Waals surface area contributed by atoms with Gasteiger partial charge in [0.25, 0.3) is 0 Å². The average molecular weight is 177 g/mol. The van der Waals surface area contributed by atoms with E-state index in [9.17, 15) is 9.59 Å². The summed E-state index contributed by atoms with van der Waals surface area (Å²) in [7, 11) is 0. The molecular weight excluding hydrogens is 166 g/mol. The van der Waals surface area contributed by atoms with Crippen LogP contribution in [-0.2, 0) is 0 Å². The Morgan fingerprint density at radius 1 is 1.46 bits per heavy atom. The summed E-state index contributed by atoms with van der Waals surface area (Å²) in [5.74, 6) is -0.0713. The molecule has 1 heterocycles. The van der Waals surface area contributed by atoms with Crippen molar-refractivity contribution in [2.45, 2.75) is 20.8 Å². The number of rotatable bonds is 2. The maximum absolute atomic E-state index is 11.1. The first kappa shape index (κ1) is 9.58. The molecule has 13 heavy (non-hydrogen) atoms. The SMILES string of the molecule is CC(=O)c1nc(C)c(C=O)cc1C. The van der Waals surface area contributed by atoms with Crippen molar-refractivity contribution in [2.24, 2.45) is 0 Å². The molecule has 0 N–H and O–H groups in total. The molecule has 0 bridgehead atoms. The molecule has 0 fully saturated rings. The summed E-state index contributed by atoms with van der Waals surface area (Å²) in [6.07, 6.45) is 0.749. The molecule has 0 saturated carbocycles. The standard InChI is InChI=1S/C10H11NO2/c1-6-4-9(5-12)7(2)11-10(6)8(3)13/h4-5H,1-3H3. The summed E-state index contributed by atoms with van der Waals surface area (Å²) in [4.78, 5) is 25.7. The van der Waals surface area contributed by atoms with E-state index in [-0.39, 0.29) is 5.78 Å². The third-order valence-electron chi connectivity index (χ3n) is 1.90. The zero-order valence-corrected chi connectivity index (χ0v) is 7.92. The molecule has 3 heteroatoms. The minimum atomic E-state index is -0.0713. The van der Waals surface area contributed by atoms with Gasteiger partial charge in [0, 0.05) is 18.2 Å². The Kier molecular flexibility index (Phi) is 2.56. The second-order valence-electron chi connectivity index (χ2n) is 3.00. The zero-order chi connectivity index (χ0) is 10.0. The van der Waals surface area contributed by atoms with E-state index in [1.807, 2.05) is 0 Å². The van der Waals surface area contributed by atoms with Gasteiger partial charge in [0.05, 0.1) is 0 Å². The Hall–Kier alpha value is -1.51. The third-order valence-corrected chi connectivity index (χ3v) is 1.90. The lowest BCUT2D eigenvalue weighted by Crippen LogP contribution is -2.04. The second kappa shape index (κ2) is 3.47. The van der Waals surface area contributed by atoms with Gasteiger partial charge in [0.1, 0.15) is 5.69 Å². The fraction of sp³-hybridized carbons (Fsp3) is 0.300. The van der Waals surface area contributed by atoms with E-state index in [0.717, 1.165) is 11.8 Å². The van der Waals surface area contributed by atoms with Gasteiger partial charge >= 0.3 is 0 Å². The molecule has 1 aromatic heterocycles. The molecule has 0 aliphatic carbocycles. The van der Waals surface area contributed by atoms with E-state index in [1.165, 1.54) is 6.92 Å². The van der Waals surface area contributed by atoms with E-state index >= 15 is 0 Å². The largest absolute Gasteiger partial charge is 0.298 e. The highest BCUT2D eigenvalue weighted by Crippen LogP contribution is 2.10. The maximum atomic E-state index is 11.1. The second-order valence-corrected chi connectivity index (χ2v) is 3.00. The first-order valence-electron chi connectivity index (χ1n) is 4.00. The monoisotopic (exact) mass is 177 g/mol. The molecule has 0 amide bonds. The van der Waals surface area contributed by atoms with Gasteiger partial charge in [0.2, 0.25) is 0 Å². The predicted molar refractivity (Wildman–Crippen MR) is 49.1 cm³/mol. The van der Waals surface area contributed by atoms with E-state index in [1.54, 1.807) is 19.9 Å². The highest BCUT2D eigenvalue weighted by atomic mass is 16.1. The number of hydrogen-bond donors (Lipinski definition) is 0. The number of aryl methyl sites for hydroxylation is 2. The molecule has 0 saturated heterocycles. The summed E-state index contributed by atoms with van der Waals surface area (Å²) >= 11 is 0. The summed E-state index contributed by atoms with van der Waals surface area (Å²) in [6.45, 7) is 4.96. The van der Waals surface area contributed by atoms with Crippen LogP contribution < -0.4 is 0 Å². The fourth-order valence-corrected chi connectivity index (χ4v) is 1.20. The third kappa shape index (κ3) is 1.80. The van der Waals surface area contributed by atoms with Gasteiger partial charge in [-0.25, -0.2) is 4.98 Å². The van der Waals surface area contributed by atoms with Crippen molar-refractivity contribution in [1.29, 1.82) is 0 Å². The number of carbonyl (C=O) groups is 2. The summed E-state index contributed by atoms with van der Waals surface area (Å²) < 4.78 is 0. The number of Topliss-reactive ketones (excluding diaryl/α,β-unsaturated/α-hetero) is 1. The summed E-state index contributed by atoms with van der Waals surface area (Å²) in [5, 5.41) is 0. The van der Waals surface area contributed by atoms with Crippen molar-refractivity contribution in [2.75, 3.05) is 0 Å². The van der Waals surface area contributed by atoms with Crippen LogP contribution in [0.2, 0.25) is 0 Å². The Bertz CT molecular complexity index is 369. The Balaban J connectivity index is 3.36. The minimum Gasteiger partial charge on any atom is -0.298 e. The highest BCUT2D eigenvalue weighted by molar-refractivity contribution is 5.94. The van der Waals surface area contributed by atoms with Gasteiger partial charge in [0.15, 0.2) is 12.1 Å². The lowest BCUT2D eigenvalue weighted by Gasteiger charge is -2.04. The fourth-order valence-electron chi connectivity index (χ4n) is 1.20. The molecule has 0 radical (unpaired) electrons. The molecule has 0 aliphatic heterocycles. The molecule has 0 unspecified atom stereocenters. The molecule has 68 valence electrons. The smallest absolute Gasteiger partial charge is 0.178 e. The van der Waals surface area contributed by atoms with Crippen LogP contribution in [0.5, 0.6) is 0 Å². The topological polar surface area (TPSA) is 47.0 Å². The van der Waals surface area contributed by atoms with Crippen LogP contribution in [0.25, 0.3) is 0 Å². The van der Waals surface area contributed by atoms with Crippen LogP contribution in [0, 0.1) is 13.8 Å². The molecule has 1 aromatic rings. The Morgan fingerprint density at radius 2 is 2.08 bits per heavy atom. The van der Waals surface area contributed by atoms with Gasteiger partial charge < -0.3 is 0 Å². The first-order chi connectivity index (χ1) is 6.06. The number of nitrogens with zero attached hydrogens (tertiary/aromatic N) is 1. The van der Waals surface area contributed by atoms with E-state index in [2.05, 4.69) is 4.98 Å². The van der Waals surface area contributed by atoms with Crippen LogP contribution in [-0.4, -0.2) is 17.1 Å². The molecule has 3 nitrogen and oxygen atoms in total. The molecule has 0 aromatic carbocycles. The van der Waals surface area contributed by atoms with E-state index in [0.29, 0.717) is 17.0 Å². The quantitative estimate of drug-likeness (QED) is 0.510. The predicted octanol–water partition coefficient (Wildman–Crippen LogP) is 1.71. The lowest BCUT2D eigenvalue weighted by molar-refractivity contribution is 0.101. The van der Waals surface area contributed by atoms with Crippen LogP contribution in [0.15, 0.2) is 6.07 Å². The van der Waals surface area contributed by atoms with Crippen LogP contribution in [0.4, 0.5) is 0 Å². The van der Waals surface area contributed by atoms with E-state index < -0.39 is 0 Å². The van der Waals surface area contributed by atoms with Crippen molar-refractivity contribution in [3.63, 3.8) is 0 Å². The van der Waals surface area contributed by atoms with Crippen molar-refractivity contribution in [3.8, 4) is 0 Å². The lowest BCUT2D eigenvalue weighted by atomic mass is 10.1. The first-order valence-corrected chi connectivity index (χ1v) is 4.00. The summed E-state index contributed by atoms with van der Waals surface area (Å²) in [5.41, 5.74) is 2.34. The number of carbonyl (C=O) groups excluding carboxylic acids is 2. The molecular formula is C10H11NO2. The van der Waals surface area contributed by atoms with Gasteiger partial charge in [-0.2, -0.15) is 0 Å². The average Bonchev–Trinajstić information content (AvgIpc) is 2.07. The highest BCUT2D eigenvalue weighted by Gasteiger charge is 2.08. The van der Waals surface area contributed by atoms with Crippen molar-refractivity contribution < 1.29 is 9.59 Å². The molecule has 1 rings (SSSR count). The Labute approximate surface area is 76.8 Å². The Morgan fingerprint density at radius 3 is 2.54 bits per heavy atom. The maximum Gasteiger partial charge on any atom is 0.178 e. The number of aromatic nitrogens is 1. The van der Waals surface area contributed by atoms with Gasteiger partial charge in [-0.05, 0) is 25.5 Å². The molecule has 0 spiro atoms. The number of hydrogen-bond acceptors (Lipinski definition) is 3. The summed E-state index contributed by atoms with van der Waals surface area (Å²) in [6, 6.07) is 1.69. The number of aldehydes is 1. The van der Waals surface area contributed by atoms with Crippen molar-refractivity contribution >= 4 is 12.1 Å². The van der Waals surface area contributed by atoms with Gasteiger partial charge in [-0.3, -0.25) is 9.59 Å². The number of ketones is 1. The van der Waals surface area contributed by atoms with Gasteiger partial charge in [-0.15, -0.1) is 0 Å². The van der Waals surface area contributed by atoms with Crippen molar-refractivity contribution in [1.82, 2.24) is 4.98 Å². The zero-order valence-electron chi connectivity index (χ0n) is 7.92. The number of pyridine rings is 1. The van der Waals surface area contributed by atoms with Crippen LogP contribution in [0.3, 0.4) is 0 Å². The van der Waals surface area contributed by atoms with Crippen LogP contribution >= 0.6 is 0 Å². The van der Waals surface area contributed by atoms with E-state index in [4.69, 9.17) is 0 Å². The van der Waals surface area contributed by atoms with Gasteiger partial charge in [-0.1, -0.05) is 0 Å².